The van der Waals surface area contributed by atoms with E-state index in [1.807, 2.05) is 0 Å². The second-order valence-corrected chi connectivity index (χ2v) is 5.07. The van der Waals surface area contributed by atoms with Crippen molar-refractivity contribution in [3.8, 4) is 0 Å². The van der Waals surface area contributed by atoms with Gasteiger partial charge in [0, 0.05) is 0 Å². The smallest absolute Gasteiger partial charge is 0.309 e. The Morgan fingerprint density at radius 2 is 1.77 bits per heavy atom. The average molecular weight is 186 g/mol. The fourth-order valence-corrected chi connectivity index (χ4v) is 1.42. The van der Waals surface area contributed by atoms with Gasteiger partial charge < -0.3 is 4.74 Å². The van der Waals surface area contributed by atoms with Crippen LogP contribution in [0.2, 0.25) is 0 Å². The lowest BCUT2D eigenvalue weighted by Gasteiger charge is -2.29. The molecule has 0 unspecified atom stereocenters. The van der Waals surface area contributed by atoms with Crippen LogP contribution < -0.4 is 0 Å². The molecule has 0 fully saturated rings. The standard InChI is InChI=1S/C11H22O2/c1-8(2)7-9(10(12)13-6)11(3,4)5/h8-9H,7H2,1-6H3/t9-/m1/s1. The van der Waals surface area contributed by atoms with Gasteiger partial charge >= 0.3 is 5.97 Å². The molecule has 2 nitrogen and oxygen atoms in total. The Labute approximate surface area is 81.7 Å². The molecule has 0 bridgehead atoms. The van der Waals surface area contributed by atoms with Gasteiger partial charge in [0.05, 0.1) is 13.0 Å². The number of carbonyl (C=O) groups excluding carboxylic acids is 1. The summed E-state index contributed by atoms with van der Waals surface area (Å²) in [6.45, 7) is 10.5. The fraction of sp³-hybridized carbons (Fsp3) is 0.909. The van der Waals surface area contributed by atoms with E-state index in [0.717, 1.165) is 6.42 Å². The van der Waals surface area contributed by atoms with Gasteiger partial charge in [-0.3, -0.25) is 4.79 Å². The Morgan fingerprint density at radius 3 is 2.00 bits per heavy atom. The number of ether oxygens (including phenoxy) is 1. The zero-order valence-corrected chi connectivity index (χ0v) is 9.68. The zero-order valence-electron chi connectivity index (χ0n) is 9.68. The third kappa shape index (κ3) is 4.30. The number of hydrogen-bond acceptors (Lipinski definition) is 2. The van der Waals surface area contributed by atoms with Crippen LogP contribution >= 0.6 is 0 Å². The number of hydrogen-bond donors (Lipinski definition) is 0. The maximum Gasteiger partial charge on any atom is 0.309 e. The van der Waals surface area contributed by atoms with Crippen molar-refractivity contribution in [2.24, 2.45) is 17.3 Å². The lowest BCUT2D eigenvalue weighted by Crippen LogP contribution is -2.30. The predicted octanol–water partition coefficient (Wildman–Crippen LogP) is 2.87. The number of esters is 1. The molecule has 0 radical (unpaired) electrons. The molecule has 0 aromatic rings. The Balaban J connectivity index is 4.47. The van der Waals surface area contributed by atoms with Gasteiger partial charge in [-0.05, 0) is 17.8 Å². The minimum atomic E-state index is -0.0822. The summed E-state index contributed by atoms with van der Waals surface area (Å²) in [5, 5.41) is 0. The van der Waals surface area contributed by atoms with Gasteiger partial charge in [0.2, 0.25) is 0 Å². The van der Waals surface area contributed by atoms with Crippen molar-refractivity contribution in [1.82, 2.24) is 0 Å². The van der Waals surface area contributed by atoms with Crippen molar-refractivity contribution in [3.05, 3.63) is 0 Å². The second-order valence-electron chi connectivity index (χ2n) is 5.07. The summed E-state index contributed by atoms with van der Waals surface area (Å²) >= 11 is 0. The first-order chi connectivity index (χ1) is 5.79. The molecule has 0 rings (SSSR count). The van der Waals surface area contributed by atoms with Gasteiger partial charge in [0.1, 0.15) is 0 Å². The van der Waals surface area contributed by atoms with Crippen LogP contribution in [0.3, 0.4) is 0 Å². The van der Waals surface area contributed by atoms with Crippen LogP contribution in [0, 0.1) is 17.3 Å². The van der Waals surface area contributed by atoms with E-state index in [1.165, 1.54) is 7.11 Å². The highest BCUT2D eigenvalue weighted by Gasteiger charge is 2.32. The maximum absolute atomic E-state index is 11.5. The number of methoxy groups -OCH3 is 1. The highest BCUT2D eigenvalue weighted by atomic mass is 16.5. The van der Waals surface area contributed by atoms with E-state index in [0.29, 0.717) is 5.92 Å². The average Bonchev–Trinajstić information content (AvgIpc) is 1.96. The van der Waals surface area contributed by atoms with E-state index in [-0.39, 0.29) is 17.3 Å². The van der Waals surface area contributed by atoms with Crippen LogP contribution in [0.1, 0.15) is 41.0 Å². The molecule has 0 aromatic carbocycles. The van der Waals surface area contributed by atoms with Crippen molar-refractivity contribution in [1.29, 1.82) is 0 Å². The molecule has 0 aliphatic carbocycles. The molecule has 0 amide bonds. The molecule has 2 heteroatoms. The Morgan fingerprint density at radius 1 is 1.31 bits per heavy atom. The monoisotopic (exact) mass is 186 g/mol. The van der Waals surface area contributed by atoms with E-state index >= 15 is 0 Å². The Bertz CT molecular complexity index is 165. The van der Waals surface area contributed by atoms with E-state index in [9.17, 15) is 4.79 Å². The first-order valence-corrected chi connectivity index (χ1v) is 4.87. The molecule has 78 valence electrons. The maximum atomic E-state index is 11.5. The molecular weight excluding hydrogens is 164 g/mol. The minimum absolute atomic E-state index is 0.00262. The quantitative estimate of drug-likeness (QED) is 0.633. The third-order valence-electron chi connectivity index (χ3n) is 2.24. The summed E-state index contributed by atoms with van der Waals surface area (Å²) in [6.07, 6.45) is 0.899. The normalized spacial score (nSPS) is 14.4. The van der Waals surface area contributed by atoms with Gasteiger partial charge in [-0.15, -0.1) is 0 Å². The molecule has 0 spiro atoms. The van der Waals surface area contributed by atoms with Gasteiger partial charge in [-0.1, -0.05) is 34.6 Å². The van der Waals surface area contributed by atoms with Gasteiger partial charge in [0.25, 0.3) is 0 Å². The van der Waals surface area contributed by atoms with Gasteiger partial charge in [-0.25, -0.2) is 0 Å². The molecular formula is C11H22O2. The molecule has 1 atom stereocenters. The van der Waals surface area contributed by atoms with Gasteiger partial charge in [0.15, 0.2) is 0 Å². The van der Waals surface area contributed by atoms with Crippen LogP contribution in [-0.2, 0) is 9.53 Å². The van der Waals surface area contributed by atoms with Gasteiger partial charge in [-0.2, -0.15) is 0 Å². The van der Waals surface area contributed by atoms with Crippen molar-refractivity contribution in [2.45, 2.75) is 41.0 Å². The Kier molecular flexibility index (Phi) is 4.45. The summed E-state index contributed by atoms with van der Waals surface area (Å²) in [5.74, 6) is 0.460. The SMILES string of the molecule is COC(=O)[C@@H](CC(C)C)C(C)(C)C. The molecule has 0 aliphatic rings. The minimum Gasteiger partial charge on any atom is -0.469 e. The van der Waals surface area contributed by atoms with Crippen LogP contribution in [0.15, 0.2) is 0 Å². The molecule has 0 saturated carbocycles. The van der Waals surface area contributed by atoms with E-state index in [1.54, 1.807) is 0 Å². The topological polar surface area (TPSA) is 26.3 Å². The summed E-state index contributed by atoms with van der Waals surface area (Å²) in [4.78, 5) is 11.5. The fourth-order valence-electron chi connectivity index (χ4n) is 1.42. The molecule has 0 aliphatic heterocycles. The molecule has 0 aromatic heterocycles. The Hall–Kier alpha value is -0.530. The van der Waals surface area contributed by atoms with E-state index in [2.05, 4.69) is 34.6 Å². The number of rotatable bonds is 3. The summed E-state index contributed by atoms with van der Waals surface area (Å²) in [7, 11) is 1.46. The first-order valence-electron chi connectivity index (χ1n) is 4.87. The van der Waals surface area contributed by atoms with Crippen molar-refractivity contribution >= 4 is 5.97 Å². The summed E-state index contributed by atoms with van der Waals surface area (Å²) in [5.41, 5.74) is -0.00262. The number of carbonyl (C=O) groups is 1. The van der Waals surface area contributed by atoms with Crippen molar-refractivity contribution < 1.29 is 9.53 Å². The molecule has 13 heavy (non-hydrogen) atoms. The summed E-state index contributed by atoms with van der Waals surface area (Å²) < 4.78 is 4.80. The zero-order chi connectivity index (χ0) is 10.6. The second kappa shape index (κ2) is 4.64. The molecule has 0 saturated heterocycles. The van der Waals surface area contributed by atoms with E-state index in [4.69, 9.17) is 4.74 Å². The van der Waals surface area contributed by atoms with Crippen molar-refractivity contribution in [2.75, 3.05) is 7.11 Å². The third-order valence-corrected chi connectivity index (χ3v) is 2.24. The predicted molar refractivity (Wildman–Crippen MR) is 54.4 cm³/mol. The van der Waals surface area contributed by atoms with Crippen LogP contribution in [0.25, 0.3) is 0 Å². The lowest BCUT2D eigenvalue weighted by atomic mass is 9.76. The van der Waals surface area contributed by atoms with Crippen LogP contribution in [0.4, 0.5) is 0 Å². The highest BCUT2D eigenvalue weighted by molar-refractivity contribution is 5.73. The lowest BCUT2D eigenvalue weighted by molar-refractivity contribution is -0.150. The largest absolute Gasteiger partial charge is 0.469 e. The van der Waals surface area contributed by atoms with Crippen LogP contribution in [0.5, 0.6) is 0 Å². The molecule has 0 N–H and O–H groups in total. The first kappa shape index (κ1) is 12.5. The van der Waals surface area contributed by atoms with Crippen LogP contribution in [-0.4, -0.2) is 13.1 Å². The van der Waals surface area contributed by atoms with E-state index < -0.39 is 0 Å². The summed E-state index contributed by atoms with van der Waals surface area (Å²) in [6, 6.07) is 0. The molecule has 0 heterocycles. The van der Waals surface area contributed by atoms with Crippen molar-refractivity contribution in [3.63, 3.8) is 0 Å². The highest BCUT2D eigenvalue weighted by Crippen LogP contribution is 2.32.